The summed E-state index contributed by atoms with van der Waals surface area (Å²) in [5.41, 5.74) is 7.31. The van der Waals surface area contributed by atoms with E-state index < -0.39 is 5.41 Å². The molecule has 2 nitrogen and oxygen atoms in total. The van der Waals surface area contributed by atoms with Crippen LogP contribution < -0.4 is 0 Å². The van der Waals surface area contributed by atoms with Gasteiger partial charge in [0.25, 0.3) is 0 Å². The molecule has 4 aromatic rings. The molecule has 0 amide bonds. The lowest BCUT2D eigenvalue weighted by molar-refractivity contribution is -0.116. The summed E-state index contributed by atoms with van der Waals surface area (Å²) >= 11 is 0. The monoisotopic (exact) mass is 397 g/mol. The Morgan fingerprint density at radius 3 is 2.03 bits per heavy atom. The average molecular weight is 397 g/mol. The fraction of sp³-hybridized carbons (Fsp3) is 0.0345. The Hall–Kier alpha value is -4.04. The predicted molar refractivity (Wildman–Crippen MR) is 124 cm³/mol. The number of carbonyl (C=O) groups is 1. The zero-order chi connectivity index (χ0) is 20.8. The van der Waals surface area contributed by atoms with Crippen LogP contribution in [0.1, 0.15) is 33.5 Å². The molecule has 1 heterocycles. The number of benzene rings is 3. The summed E-state index contributed by atoms with van der Waals surface area (Å²) in [4.78, 5) is 18.6. The molecule has 2 heteroatoms. The van der Waals surface area contributed by atoms with Crippen molar-refractivity contribution < 1.29 is 4.79 Å². The number of rotatable bonds is 2. The van der Waals surface area contributed by atoms with E-state index in [4.69, 9.17) is 0 Å². The molecule has 31 heavy (non-hydrogen) atoms. The second-order valence-electron chi connectivity index (χ2n) is 7.91. The van der Waals surface area contributed by atoms with Crippen LogP contribution in [0.4, 0.5) is 0 Å². The van der Waals surface area contributed by atoms with E-state index in [9.17, 15) is 4.79 Å². The van der Waals surface area contributed by atoms with Crippen molar-refractivity contribution in [3.63, 3.8) is 0 Å². The van der Waals surface area contributed by atoms with Gasteiger partial charge in [-0.05, 0) is 51.6 Å². The van der Waals surface area contributed by atoms with E-state index >= 15 is 0 Å². The normalized spacial score (nSPS) is 18.9. The molecule has 1 spiro atoms. The van der Waals surface area contributed by atoms with Crippen LogP contribution in [0.25, 0.3) is 17.2 Å². The molecule has 6 rings (SSSR count). The fourth-order valence-electron chi connectivity index (χ4n) is 5.17. The highest BCUT2D eigenvalue weighted by Crippen LogP contribution is 2.58. The Kier molecular flexibility index (Phi) is 3.87. The third-order valence-electron chi connectivity index (χ3n) is 6.36. The SMILES string of the molecule is O=C1C=Cc2ncccc2C12C(c1ccccc1)=C(c1ccccc1)c1ccccc12. The first-order valence-electron chi connectivity index (χ1n) is 10.5. The molecule has 0 bridgehead atoms. The number of pyridine rings is 1. The van der Waals surface area contributed by atoms with Crippen LogP contribution in [0.3, 0.4) is 0 Å². The van der Waals surface area contributed by atoms with E-state index in [1.54, 1.807) is 12.3 Å². The summed E-state index contributed by atoms with van der Waals surface area (Å²) in [6.45, 7) is 0. The van der Waals surface area contributed by atoms with E-state index in [1.165, 1.54) is 0 Å². The third-order valence-corrected chi connectivity index (χ3v) is 6.36. The molecular weight excluding hydrogens is 378 g/mol. The molecule has 146 valence electrons. The van der Waals surface area contributed by atoms with Crippen molar-refractivity contribution in [2.75, 3.05) is 0 Å². The highest BCUT2D eigenvalue weighted by molar-refractivity contribution is 6.24. The summed E-state index contributed by atoms with van der Waals surface area (Å²) in [6, 6.07) is 33.0. The van der Waals surface area contributed by atoms with Crippen molar-refractivity contribution in [3.8, 4) is 0 Å². The molecule has 0 radical (unpaired) electrons. The second kappa shape index (κ2) is 6.75. The summed E-state index contributed by atoms with van der Waals surface area (Å²) in [7, 11) is 0. The largest absolute Gasteiger partial charge is 0.293 e. The number of aromatic nitrogens is 1. The zero-order valence-corrected chi connectivity index (χ0v) is 16.8. The fourth-order valence-corrected chi connectivity index (χ4v) is 5.17. The summed E-state index contributed by atoms with van der Waals surface area (Å²) in [5, 5.41) is 0. The number of nitrogens with zero attached hydrogens (tertiary/aromatic N) is 1. The van der Waals surface area contributed by atoms with Crippen molar-refractivity contribution in [3.05, 3.63) is 143 Å². The van der Waals surface area contributed by atoms with E-state index in [2.05, 4.69) is 65.6 Å². The molecule has 0 saturated heterocycles. The van der Waals surface area contributed by atoms with Gasteiger partial charge in [0.15, 0.2) is 5.78 Å². The van der Waals surface area contributed by atoms with Gasteiger partial charge in [0, 0.05) is 11.8 Å². The average Bonchev–Trinajstić information content (AvgIpc) is 3.15. The maximum atomic E-state index is 14.0. The first-order valence-corrected chi connectivity index (χ1v) is 10.5. The van der Waals surface area contributed by atoms with Crippen LogP contribution in [0.5, 0.6) is 0 Å². The number of hydrogen-bond donors (Lipinski definition) is 0. The molecule has 2 aliphatic rings. The number of hydrogen-bond acceptors (Lipinski definition) is 2. The molecule has 1 aromatic heterocycles. The van der Waals surface area contributed by atoms with Gasteiger partial charge in [-0.15, -0.1) is 0 Å². The third kappa shape index (κ3) is 2.39. The van der Waals surface area contributed by atoms with Gasteiger partial charge in [-0.2, -0.15) is 0 Å². The predicted octanol–water partition coefficient (Wildman–Crippen LogP) is 5.94. The Morgan fingerprint density at radius 1 is 0.613 bits per heavy atom. The van der Waals surface area contributed by atoms with E-state index in [-0.39, 0.29) is 5.78 Å². The minimum atomic E-state index is -0.915. The Bertz CT molecular complexity index is 1380. The van der Waals surface area contributed by atoms with E-state index in [1.807, 2.05) is 42.5 Å². The van der Waals surface area contributed by atoms with Crippen molar-refractivity contribution in [2.45, 2.75) is 5.41 Å². The van der Waals surface area contributed by atoms with Crippen molar-refractivity contribution >= 4 is 23.0 Å². The van der Waals surface area contributed by atoms with Gasteiger partial charge in [-0.25, -0.2) is 0 Å². The number of carbonyl (C=O) groups excluding carboxylic acids is 1. The maximum absolute atomic E-state index is 14.0. The molecule has 1 unspecified atom stereocenters. The molecule has 0 aliphatic heterocycles. The first kappa shape index (κ1) is 17.8. The van der Waals surface area contributed by atoms with Crippen molar-refractivity contribution in [1.82, 2.24) is 4.98 Å². The van der Waals surface area contributed by atoms with Gasteiger partial charge in [0.2, 0.25) is 0 Å². The van der Waals surface area contributed by atoms with Crippen LogP contribution in [0.15, 0.2) is 109 Å². The van der Waals surface area contributed by atoms with Gasteiger partial charge in [-0.3, -0.25) is 9.78 Å². The number of ketones is 1. The summed E-state index contributed by atoms with van der Waals surface area (Å²) < 4.78 is 0. The molecule has 1 atom stereocenters. The minimum absolute atomic E-state index is 0.0743. The van der Waals surface area contributed by atoms with Crippen LogP contribution in [0, 0.1) is 0 Å². The zero-order valence-electron chi connectivity index (χ0n) is 16.8. The quantitative estimate of drug-likeness (QED) is 0.419. The minimum Gasteiger partial charge on any atom is -0.293 e. The smallest absolute Gasteiger partial charge is 0.175 e. The van der Waals surface area contributed by atoms with Crippen LogP contribution in [-0.2, 0) is 10.2 Å². The lowest BCUT2D eigenvalue weighted by Crippen LogP contribution is -2.38. The lowest BCUT2D eigenvalue weighted by Gasteiger charge is -2.35. The number of fused-ring (bicyclic) bond motifs is 4. The summed E-state index contributed by atoms with van der Waals surface area (Å²) in [6.07, 6.45) is 5.33. The lowest BCUT2D eigenvalue weighted by atomic mass is 9.64. The van der Waals surface area contributed by atoms with Crippen molar-refractivity contribution in [2.24, 2.45) is 0 Å². The van der Waals surface area contributed by atoms with Crippen LogP contribution >= 0.6 is 0 Å². The molecule has 0 fully saturated rings. The standard InChI is InChI=1S/C29H19NO/c31-26-18-17-25-24(16-9-19-30-25)29(26)23-15-8-7-14-22(23)27(20-10-3-1-4-11-20)28(29)21-12-5-2-6-13-21/h1-19H. The molecule has 0 saturated carbocycles. The highest BCUT2D eigenvalue weighted by atomic mass is 16.1. The molecule has 3 aromatic carbocycles. The second-order valence-corrected chi connectivity index (χ2v) is 7.91. The van der Waals surface area contributed by atoms with Crippen LogP contribution in [0.2, 0.25) is 0 Å². The maximum Gasteiger partial charge on any atom is 0.175 e. The Morgan fingerprint density at radius 2 is 1.26 bits per heavy atom. The van der Waals surface area contributed by atoms with Gasteiger partial charge in [0.05, 0.1) is 5.69 Å². The van der Waals surface area contributed by atoms with Gasteiger partial charge < -0.3 is 0 Å². The van der Waals surface area contributed by atoms with Gasteiger partial charge >= 0.3 is 0 Å². The first-order chi connectivity index (χ1) is 15.3. The topological polar surface area (TPSA) is 30.0 Å². The molecule has 0 N–H and O–H groups in total. The Balaban J connectivity index is 1.83. The molecular formula is C29H19NO. The summed E-state index contributed by atoms with van der Waals surface area (Å²) in [5.74, 6) is 0.0743. The molecule has 2 aliphatic carbocycles. The van der Waals surface area contributed by atoms with E-state index in [0.29, 0.717) is 0 Å². The van der Waals surface area contributed by atoms with Crippen molar-refractivity contribution in [1.29, 1.82) is 0 Å². The van der Waals surface area contributed by atoms with Crippen LogP contribution in [-0.4, -0.2) is 10.8 Å². The van der Waals surface area contributed by atoms with Gasteiger partial charge in [-0.1, -0.05) is 91.0 Å². The Labute approximate surface area is 181 Å². The van der Waals surface area contributed by atoms with Gasteiger partial charge in [0.1, 0.15) is 5.41 Å². The van der Waals surface area contributed by atoms with E-state index in [0.717, 1.165) is 44.7 Å². The highest BCUT2D eigenvalue weighted by Gasteiger charge is 2.53. The number of allylic oxidation sites excluding steroid dienone is 2.